The number of alkyl halides is 6. The molecule has 2 aromatic rings. The van der Waals surface area contributed by atoms with Gasteiger partial charge in [0.15, 0.2) is 5.69 Å². The van der Waals surface area contributed by atoms with Crippen molar-refractivity contribution in [1.82, 2.24) is 15.1 Å². The minimum Gasteiger partial charge on any atom is -0.395 e. The quantitative estimate of drug-likeness (QED) is 0.817. The number of amides is 1. The number of halogens is 6. The molecule has 5 nitrogen and oxygen atoms in total. The number of aromatic nitrogens is 2. The van der Waals surface area contributed by atoms with E-state index in [-0.39, 0.29) is 11.2 Å². The van der Waals surface area contributed by atoms with Crippen LogP contribution in [0.2, 0.25) is 0 Å². The number of nitrogens with one attached hydrogen (secondary N) is 1. The van der Waals surface area contributed by atoms with Gasteiger partial charge in [-0.05, 0) is 18.2 Å². The fourth-order valence-electron chi connectivity index (χ4n) is 2.06. The first kappa shape index (κ1) is 18.8. The lowest BCUT2D eigenvalue weighted by molar-refractivity contribution is -0.143. The van der Waals surface area contributed by atoms with Crippen LogP contribution in [0.3, 0.4) is 0 Å². The summed E-state index contributed by atoms with van der Waals surface area (Å²) in [5.41, 5.74) is -4.02. The van der Waals surface area contributed by atoms with Gasteiger partial charge in [-0.1, -0.05) is 6.07 Å². The standard InChI is InChI=1S/C14H11F6N3O2/c15-13(16,17)8-2-1-3-9(6-8)23-11(14(18,19)20)10(7-22-23)12(25)21-4-5-24/h1-3,6-7,24H,4-5H2,(H,21,25). The maximum atomic E-state index is 13.3. The van der Waals surface area contributed by atoms with E-state index in [1.54, 1.807) is 0 Å². The molecule has 0 aliphatic carbocycles. The van der Waals surface area contributed by atoms with Crippen LogP contribution in [-0.2, 0) is 12.4 Å². The number of rotatable bonds is 4. The van der Waals surface area contributed by atoms with Crippen molar-refractivity contribution in [2.45, 2.75) is 12.4 Å². The Kier molecular flexibility index (Phi) is 5.07. The second kappa shape index (κ2) is 6.75. The monoisotopic (exact) mass is 367 g/mol. The molecule has 0 atom stereocenters. The third-order valence-electron chi connectivity index (χ3n) is 3.10. The third kappa shape index (κ3) is 4.10. The summed E-state index contributed by atoms with van der Waals surface area (Å²) < 4.78 is 78.5. The van der Waals surface area contributed by atoms with E-state index in [2.05, 4.69) is 5.10 Å². The molecular formula is C14H11F6N3O2. The molecule has 2 rings (SSSR count). The zero-order valence-electron chi connectivity index (χ0n) is 12.3. The van der Waals surface area contributed by atoms with Gasteiger partial charge in [-0.15, -0.1) is 0 Å². The van der Waals surface area contributed by atoms with Crippen molar-refractivity contribution in [3.05, 3.63) is 47.3 Å². The zero-order valence-corrected chi connectivity index (χ0v) is 12.3. The van der Waals surface area contributed by atoms with E-state index in [9.17, 15) is 31.1 Å². The highest BCUT2D eigenvalue weighted by atomic mass is 19.4. The Morgan fingerprint density at radius 3 is 2.40 bits per heavy atom. The molecule has 0 spiro atoms. The molecule has 1 aromatic carbocycles. The average Bonchev–Trinajstić information content (AvgIpc) is 2.97. The molecule has 1 heterocycles. The van der Waals surface area contributed by atoms with Crippen molar-refractivity contribution in [3.63, 3.8) is 0 Å². The van der Waals surface area contributed by atoms with Crippen LogP contribution in [0.1, 0.15) is 21.6 Å². The highest BCUT2D eigenvalue weighted by Crippen LogP contribution is 2.35. The van der Waals surface area contributed by atoms with Gasteiger partial charge in [0.05, 0.1) is 29.6 Å². The van der Waals surface area contributed by atoms with Gasteiger partial charge in [0, 0.05) is 6.54 Å². The van der Waals surface area contributed by atoms with E-state index in [1.165, 1.54) is 0 Å². The molecular weight excluding hydrogens is 356 g/mol. The largest absolute Gasteiger partial charge is 0.434 e. The molecule has 0 aliphatic rings. The summed E-state index contributed by atoms with van der Waals surface area (Å²) in [5, 5.41) is 14.1. The number of nitrogens with zero attached hydrogens (tertiary/aromatic N) is 2. The first-order valence-corrected chi connectivity index (χ1v) is 6.77. The lowest BCUT2D eigenvalue weighted by Crippen LogP contribution is -2.28. The summed E-state index contributed by atoms with van der Waals surface area (Å²) in [6.45, 7) is -0.778. The van der Waals surface area contributed by atoms with Crippen LogP contribution in [-0.4, -0.2) is 33.9 Å². The number of hydrogen-bond acceptors (Lipinski definition) is 3. The fraction of sp³-hybridized carbons (Fsp3) is 0.286. The first-order valence-electron chi connectivity index (χ1n) is 6.77. The molecule has 0 radical (unpaired) electrons. The topological polar surface area (TPSA) is 67.2 Å². The lowest BCUT2D eigenvalue weighted by atomic mass is 10.1. The van der Waals surface area contributed by atoms with Crippen molar-refractivity contribution in [1.29, 1.82) is 0 Å². The summed E-state index contributed by atoms with van der Waals surface area (Å²) in [5.74, 6) is -1.15. The Hall–Kier alpha value is -2.56. The van der Waals surface area contributed by atoms with Crippen molar-refractivity contribution in [2.75, 3.05) is 13.2 Å². The van der Waals surface area contributed by atoms with Crippen LogP contribution < -0.4 is 5.32 Å². The van der Waals surface area contributed by atoms with Gasteiger partial charge in [0.2, 0.25) is 0 Å². The first-order chi connectivity index (χ1) is 11.6. The smallest absolute Gasteiger partial charge is 0.395 e. The van der Waals surface area contributed by atoms with Crippen LogP contribution >= 0.6 is 0 Å². The van der Waals surface area contributed by atoms with Crippen molar-refractivity contribution in [2.24, 2.45) is 0 Å². The van der Waals surface area contributed by atoms with Crippen LogP contribution in [0.25, 0.3) is 5.69 Å². The second-order valence-corrected chi connectivity index (χ2v) is 4.84. The summed E-state index contributed by atoms with van der Waals surface area (Å²) >= 11 is 0. The summed E-state index contributed by atoms with van der Waals surface area (Å²) in [4.78, 5) is 11.8. The number of carbonyl (C=O) groups is 1. The third-order valence-corrected chi connectivity index (χ3v) is 3.10. The Morgan fingerprint density at radius 1 is 1.16 bits per heavy atom. The van der Waals surface area contributed by atoms with Crippen LogP contribution in [0.5, 0.6) is 0 Å². The highest BCUT2D eigenvalue weighted by Gasteiger charge is 2.41. The van der Waals surface area contributed by atoms with Gasteiger partial charge < -0.3 is 10.4 Å². The van der Waals surface area contributed by atoms with E-state index in [0.717, 1.165) is 12.1 Å². The Balaban J connectivity index is 2.56. The van der Waals surface area contributed by atoms with Gasteiger partial charge in [0.1, 0.15) is 0 Å². The molecule has 25 heavy (non-hydrogen) atoms. The summed E-state index contributed by atoms with van der Waals surface area (Å²) in [7, 11) is 0. The number of hydrogen-bond donors (Lipinski definition) is 2. The minimum atomic E-state index is -5.05. The predicted octanol–water partition coefficient (Wildman–Crippen LogP) is 2.63. The van der Waals surface area contributed by atoms with Gasteiger partial charge >= 0.3 is 12.4 Å². The molecule has 0 aliphatic heterocycles. The Bertz CT molecular complexity index is 767. The number of carbonyl (C=O) groups excluding carboxylic acids is 1. The SMILES string of the molecule is O=C(NCCO)c1cnn(-c2cccc(C(F)(F)F)c2)c1C(F)(F)F. The Morgan fingerprint density at radius 2 is 1.84 bits per heavy atom. The fourth-order valence-corrected chi connectivity index (χ4v) is 2.06. The summed E-state index contributed by atoms with van der Waals surface area (Å²) in [6, 6.07) is 3.14. The van der Waals surface area contributed by atoms with E-state index in [1.807, 2.05) is 5.32 Å². The van der Waals surface area contributed by atoms with E-state index in [0.29, 0.717) is 18.3 Å². The van der Waals surface area contributed by atoms with Crippen molar-refractivity contribution < 1.29 is 36.2 Å². The van der Waals surface area contributed by atoms with Gasteiger partial charge in [-0.25, -0.2) is 4.68 Å². The number of aliphatic hydroxyl groups is 1. The van der Waals surface area contributed by atoms with Crippen LogP contribution in [0, 0.1) is 0 Å². The van der Waals surface area contributed by atoms with E-state index >= 15 is 0 Å². The minimum absolute atomic E-state index is 0.225. The molecule has 1 aromatic heterocycles. The molecule has 0 saturated carbocycles. The normalized spacial score (nSPS) is 12.3. The van der Waals surface area contributed by atoms with E-state index in [4.69, 9.17) is 5.11 Å². The zero-order chi connectivity index (χ0) is 18.8. The average molecular weight is 367 g/mol. The maximum absolute atomic E-state index is 13.3. The maximum Gasteiger partial charge on any atom is 0.434 e. The van der Waals surface area contributed by atoms with Crippen LogP contribution in [0.15, 0.2) is 30.5 Å². The highest BCUT2D eigenvalue weighted by molar-refractivity contribution is 5.95. The molecule has 11 heteroatoms. The van der Waals surface area contributed by atoms with E-state index < -0.39 is 47.4 Å². The Labute approximate surface area is 136 Å². The molecule has 0 bridgehead atoms. The molecule has 0 saturated heterocycles. The molecule has 0 fully saturated rings. The number of aliphatic hydroxyl groups excluding tert-OH is 1. The molecule has 136 valence electrons. The van der Waals surface area contributed by atoms with Gasteiger partial charge in [-0.2, -0.15) is 31.4 Å². The van der Waals surface area contributed by atoms with Crippen molar-refractivity contribution >= 4 is 5.91 Å². The molecule has 1 amide bonds. The van der Waals surface area contributed by atoms with Crippen molar-refractivity contribution in [3.8, 4) is 5.69 Å². The number of benzene rings is 1. The van der Waals surface area contributed by atoms with Crippen LogP contribution in [0.4, 0.5) is 26.3 Å². The predicted molar refractivity (Wildman–Crippen MR) is 73.0 cm³/mol. The second-order valence-electron chi connectivity index (χ2n) is 4.84. The summed E-state index contributed by atoms with van der Waals surface area (Å²) in [6.07, 6.45) is -9.19. The molecule has 2 N–H and O–H groups in total. The van der Waals surface area contributed by atoms with Gasteiger partial charge in [-0.3, -0.25) is 4.79 Å². The van der Waals surface area contributed by atoms with Gasteiger partial charge in [0.25, 0.3) is 5.91 Å². The molecule has 0 unspecified atom stereocenters. The lowest BCUT2D eigenvalue weighted by Gasteiger charge is -2.14.